The molecule has 1 aliphatic heterocycles. The molecule has 0 saturated carbocycles. The Morgan fingerprint density at radius 3 is 2.67 bits per heavy atom. The van der Waals surface area contributed by atoms with Crippen molar-refractivity contribution in [2.24, 2.45) is 16.0 Å². The summed E-state index contributed by atoms with van der Waals surface area (Å²) in [6, 6.07) is -0.607. The quantitative estimate of drug-likeness (QED) is 0.624. The molecule has 0 radical (unpaired) electrons. The Morgan fingerprint density at radius 2 is 2.25 bits per heavy atom. The smallest absolute Gasteiger partial charge is 0.323 e. The van der Waals surface area contributed by atoms with E-state index in [1.54, 1.807) is 6.92 Å². The minimum Gasteiger partial charge on any atom is -0.465 e. The fourth-order valence-electron chi connectivity index (χ4n) is 0.916. The van der Waals surface area contributed by atoms with E-state index in [1.165, 1.54) is 0 Å². The van der Waals surface area contributed by atoms with Gasteiger partial charge in [-0.2, -0.15) is 10.2 Å². The zero-order valence-corrected chi connectivity index (χ0v) is 7.28. The molecule has 0 bridgehead atoms. The summed E-state index contributed by atoms with van der Waals surface area (Å²) < 4.78 is 4.73. The van der Waals surface area contributed by atoms with Crippen molar-refractivity contribution in [2.75, 3.05) is 6.61 Å². The van der Waals surface area contributed by atoms with E-state index in [0.717, 1.165) is 0 Å². The van der Waals surface area contributed by atoms with Crippen molar-refractivity contribution in [1.29, 1.82) is 0 Å². The molecule has 5 heteroatoms. The van der Waals surface area contributed by atoms with Crippen molar-refractivity contribution in [1.82, 2.24) is 0 Å². The molecule has 0 aromatic heterocycles. The summed E-state index contributed by atoms with van der Waals surface area (Å²) in [5, 5.41) is 7.51. The van der Waals surface area contributed by atoms with Crippen LogP contribution in [-0.4, -0.2) is 24.3 Å². The highest BCUT2D eigenvalue weighted by molar-refractivity contribution is 5.75. The first-order chi connectivity index (χ1) is 5.57. The SMILES string of the molecule is CCOC(=O)[C@@H](N)CC1(C)N=N1. The number of hydrogen-bond donors (Lipinski definition) is 1. The first-order valence-corrected chi connectivity index (χ1v) is 3.94. The van der Waals surface area contributed by atoms with E-state index >= 15 is 0 Å². The van der Waals surface area contributed by atoms with E-state index in [9.17, 15) is 4.79 Å². The van der Waals surface area contributed by atoms with Gasteiger partial charge in [0.15, 0.2) is 5.66 Å². The standard InChI is InChI=1S/C7H13N3O2/c1-3-12-6(11)5(8)4-7(2)9-10-7/h5H,3-4,8H2,1-2H3/t5-/m0/s1. The zero-order chi connectivity index (χ0) is 9.19. The molecule has 0 aromatic rings. The molecule has 1 atom stereocenters. The highest BCUT2D eigenvalue weighted by atomic mass is 16.5. The lowest BCUT2D eigenvalue weighted by Crippen LogP contribution is -2.36. The minimum absolute atomic E-state index is 0.359. The predicted molar refractivity (Wildman–Crippen MR) is 42.5 cm³/mol. The van der Waals surface area contributed by atoms with Crippen LogP contribution in [0.4, 0.5) is 0 Å². The molecule has 68 valence electrons. The van der Waals surface area contributed by atoms with Gasteiger partial charge in [-0.3, -0.25) is 4.79 Å². The van der Waals surface area contributed by atoms with Gasteiger partial charge in [-0.15, -0.1) is 0 Å². The lowest BCUT2D eigenvalue weighted by atomic mass is 10.1. The molecule has 0 saturated heterocycles. The van der Waals surface area contributed by atoms with Gasteiger partial charge in [-0.05, 0) is 13.8 Å². The van der Waals surface area contributed by atoms with Crippen molar-refractivity contribution < 1.29 is 9.53 Å². The molecule has 0 amide bonds. The fourth-order valence-corrected chi connectivity index (χ4v) is 0.916. The van der Waals surface area contributed by atoms with Crippen LogP contribution in [0.25, 0.3) is 0 Å². The Hall–Kier alpha value is -0.970. The number of carbonyl (C=O) groups is 1. The number of carbonyl (C=O) groups excluding carboxylic acids is 1. The zero-order valence-electron chi connectivity index (χ0n) is 7.28. The summed E-state index contributed by atoms with van der Waals surface area (Å²) in [7, 11) is 0. The highest BCUT2D eigenvalue weighted by Crippen LogP contribution is 2.31. The minimum atomic E-state index is -0.607. The summed E-state index contributed by atoms with van der Waals surface area (Å²) >= 11 is 0. The van der Waals surface area contributed by atoms with Crippen LogP contribution in [0.1, 0.15) is 20.3 Å². The molecule has 0 spiro atoms. The number of nitrogens with two attached hydrogens (primary N) is 1. The van der Waals surface area contributed by atoms with Crippen molar-refractivity contribution in [3.63, 3.8) is 0 Å². The molecule has 0 unspecified atom stereocenters. The molecular weight excluding hydrogens is 158 g/mol. The lowest BCUT2D eigenvalue weighted by Gasteiger charge is -2.11. The summed E-state index contributed by atoms with van der Waals surface area (Å²) in [5.41, 5.74) is 5.11. The Kier molecular flexibility index (Phi) is 2.42. The molecule has 0 fully saturated rings. The van der Waals surface area contributed by atoms with Crippen molar-refractivity contribution in [3.8, 4) is 0 Å². The van der Waals surface area contributed by atoms with Crippen molar-refractivity contribution in [3.05, 3.63) is 0 Å². The highest BCUT2D eigenvalue weighted by Gasteiger charge is 2.38. The monoisotopic (exact) mass is 171 g/mol. The Labute approximate surface area is 71.0 Å². The number of nitrogens with zero attached hydrogens (tertiary/aromatic N) is 2. The second-order valence-corrected chi connectivity index (χ2v) is 2.98. The maximum Gasteiger partial charge on any atom is 0.323 e. The third-order valence-corrected chi connectivity index (χ3v) is 1.64. The maximum atomic E-state index is 11.0. The number of esters is 1. The predicted octanol–water partition coefficient (Wildman–Crippen LogP) is 0.449. The molecule has 5 nitrogen and oxygen atoms in total. The van der Waals surface area contributed by atoms with Crippen LogP contribution in [0.3, 0.4) is 0 Å². The van der Waals surface area contributed by atoms with E-state index < -0.39 is 11.7 Å². The van der Waals surface area contributed by atoms with Crippen LogP contribution < -0.4 is 5.73 Å². The third kappa shape index (κ3) is 2.27. The van der Waals surface area contributed by atoms with Gasteiger partial charge in [0.05, 0.1) is 6.61 Å². The van der Waals surface area contributed by atoms with E-state index in [-0.39, 0.29) is 5.97 Å². The number of rotatable bonds is 4. The van der Waals surface area contributed by atoms with Gasteiger partial charge in [0.1, 0.15) is 6.04 Å². The average molecular weight is 171 g/mol. The van der Waals surface area contributed by atoms with Crippen molar-refractivity contribution in [2.45, 2.75) is 32.0 Å². The van der Waals surface area contributed by atoms with Gasteiger partial charge in [-0.1, -0.05) is 0 Å². The van der Waals surface area contributed by atoms with Crippen LogP contribution in [0, 0.1) is 0 Å². The van der Waals surface area contributed by atoms with Crippen molar-refractivity contribution >= 4 is 5.97 Å². The van der Waals surface area contributed by atoms with E-state index in [1.807, 2.05) is 6.92 Å². The van der Waals surface area contributed by atoms with Gasteiger partial charge in [-0.25, -0.2) is 0 Å². The molecule has 1 rings (SSSR count). The Morgan fingerprint density at radius 1 is 1.67 bits per heavy atom. The lowest BCUT2D eigenvalue weighted by molar-refractivity contribution is -0.145. The van der Waals surface area contributed by atoms with Gasteiger partial charge in [0, 0.05) is 6.42 Å². The van der Waals surface area contributed by atoms with E-state index in [2.05, 4.69) is 10.2 Å². The Bertz CT molecular complexity index is 209. The third-order valence-electron chi connectivity index (χ3n) is 1.64. The molecular formula is C7H13N3O2. The van der Waals surface area contributed by atoms with Gasteiger partial charge < -0.3 is 10.5 Å². The summed E-state index contributed by atoms with van der Waals surface area (Å²) in [6.07, 6.45) is 0.436. The summed E-state index contributed by atoms with van der Waals surface area (Å²) in [6.45, 7) is 3.93. The fraction of sp³-hybridized carbons (Fsp3) is 0.857. The first kappa shape index (κ1) is 9.12. The van der Waals surface area contributed by atoms with Crippen LogP contribution >= 0.6 is 0 Å². The van der Waals surface area contributed by atoms with E-state index in [4.69, 9.17) is 10.5 Å². The average Bonchev–Trinajstić information content (AvgIpc) is 2.68. The van der Waals surface area contributed by atoms with Crippen LogP contribution in [-0.2, 0) is 9.53 Å². The van der Waals surface area contributed by atoms with Gasteiger partial charge in [0.2, 0.25) is 0 Å². The van der Waals surface area contributed by atoms with Crippen LogP contribution in [0.5, 0.6) is 0 Å². The summed E-state index contributed by atoms with van der Waals surface area (Å²) in [4.78, 5) is 11.0. The molecule has 1 aliphatic rings. The van der Waals surface area contributed by atoms with Gasteiger partial charge in [0.25, 0.3) is 0 Å². The molecule has 1 heterocycles. The maximum absolute atomic E-state index is 11.0. The summed E-state index contributed by atoms with van der Waals surface area (Å²) in [5.74, 6) is -0.379. The second kappa shape index (κ2) is 3.18. The van der Waals surface area contributed by atoms with E-state index in [0.29, 0.717) is 13.0 Å². The molecule has 12 heavy (non-hydrogen) atoms. The largest absolute Gasteiger partial charge is 0.465 e. The van der Waals surface area contributed by atoms with Gasteiger partial charge >= 0.3 is 5.97 Å². The van der Waals surface area contributed by atoms with Crippen LogP contribution in [0.15, 0.2) is 10.2 Å². The normalized spacial score (nSPS) is 20.2. The first-order valence-electron chi connectivity index (χ1n) is 3.94. The number of hydrogen-bond acceptors (Lipinski definition) is 5. The molecule has 2 N–H and O–H groups in total. The number of ether oxygens (including phenoxy) is 1. The molecule has 0 aromatic carbocycles. The van der Waals surface area contributed by atoms with Crippen LogP contribution in [0.2, 0.25) is 0 Å². The molecule has 0 aliphatic carbocycles. The topological polar surface area (TPSA) is 77.0 Å². The second-order valence-electron chi connectivity index (χ2n) is 2.98. The Balaban J connectivity index is 2.27.